The number of amides is 5. The Bertz CT molecular complexity index is 3470. The topological polar surface area (TPSA) is 269 Å². The van der Waals surface area contributed by atoms with Crippen molar-refractivity contribution >= 4 is 54.1 Å². The number of nitrogens with one attached hydrogen (secondary N) is 5. The molecule has 1 heterocycles. The van der Waals surface area contributed by atoms with Crippen molar-refractivity contribution in [3.05, 3.63) is 173 Å². The summed E-state index contributed by atoms with van der Waals surface area (Å²) in [5.74, 6) is -5.13. The van der Waals surface area contributed by atoms with Crippen LogP contribution < -0.4 is 41.1 Å². The van der Waals surface area contributed by atoms with E-state index >= 15 is 4.57 Å². The number of hydrogen-bond donors (Lipinski definition) is 7. The third-order valence-corrected chi connectivity index (χ3v) is 16.1. The number of benzene rings is 6. The van der Waals surface area contributed by atoms with Crippen LogP contribution in [0.1, 0.15) is 113 Å². The van der Waals surface area contributed by atoms with Crippen molar-refractivity contribution in [3.63, 3.8) is 0 Å². The second kappa shape index (κ2) is 28.5. The molecular weight excluding hydrogens is 1090 g/mol. The van der Waals surface area contributed by atoms with Crippen molar-refractivity contribution in [1.82, 2.24) is 26.6 Å². The first-order valence-corrected chi connectivity index (χ1v) is 29.8. The molecule has 18 nitrogen and oxygen atoms in total. The summed E-state index contributed by atoms with van der Waals surface area (Å²) in [4.78, 5) is 95.7. The summed E-state index contributed by atoms with van der Waals surface area (Å²) in [7, 11) is -4.26. The van der Waals surface area contributed by atoms with Gasteiger partial charge in [0.1, 0.15) is 46.7 Å². The predicted octanol–water partition coefficient (Wildman–Crippen LogP) is 10.9. The maximum atomic E-state index is 15.0. The van der Waals surface area contributed by atoms with Crippen LogP contribution in [0.5, 0.6) is 17.2 Å². The number of phenolic OH excluding ortho intramolecular Hbond substituents is 1. The van der Waals surface area contributed by atoms with Crippen LogP contribution in [0.4, 0.5) is 0 Å². The van der Waals surface area contributed by atoms with E-state index in [1.54, 1.807) is 80.6 Å². The zero-order chi connectivity index (χ0) is 60.7. The van der Waals surface area contributed by atoms with Gasteiger partial charge >= 0.3 is 13.6 Å². The zero-order valence-corrected chi connectivity index (χ0v) is 49.2. The molecule has 19 heteroatoms. The number of aromatic hydroxyl groups is 1. The van der Waals surface area contributed by atoms with Gasteiger partial charge in [-0.1, -0.05) is 122 Å². The molecule has 0 fully saturated rings. The highest BCUT2D eigenvalue weighted by atomic mass is 31.2. The predicted molar refractivity (Wildman–Crippen MR) is 322 cm³/mol. The van der Waals surface area contributed by atoms with Crippen LogP contribution in [0.2, 0.25) is 0 Å². The third kappa shape index (κ3) is 17.4. The maximum absolute atomic E-state index is 15.0. The summed E-state index contributed by atoms with van der Waals surface area (Å²) in [6.07, 6.45) is 1.91. The summed E-state index contributed by atoms with van der Waals surface area (Å²) in [6.45, 7) is 13.3. The number of carbonyl (C=O) groups is 6. The average molecular weight is 1160 g/mol. The van der Waals surface area contributed by atoms with Gasteiger partial charge in [-0.2, -0.15) is 0 Å². The lowest BCUT2D eigenvalue weighted by Gasteiger charge is -2.33. The van der Waals surface area contributed by atoms with Gasteiger partial charge in [0.05, 0.1) is 5.56 Å². The number of phenols is 1. The molecule has 84 heavy (non-hydrogen) atoms. The van der Waals surface area contributed by atoms with E-state index in [9.17, 15) is 43.8 Å². The number of carboxylic acids is 1. The van der Waals surface area contributed by atoms with E-state index in [4.69, 9.17) is 13.5 Å². The number of hydrogen-bond acceptors (Lipinski definition) is 12. The van der Waals surface area contributed by atoms with Gasteiger partial charge in [-0.25, -0.2) is 9.36 Å². The van der Waals surface area contributed by atoms with Gasteiger partial charge in [0.15, 0.2) is 11.2 Å². The van der Waals surface area contributed by atoms with Crippen LogP contribution >= 0.6 is 7.60 Å². The Labute approximate surface area is 489 Å². The fraction of sp³-hybridized carbons (Fsp3) is 0.338. The van der Waals surface area contributed by atoms with Crippen LogP contribution in [0.15, 0.2) is 155 Å². The summed E-state index contributed by atoms with van der Waals surface area (Å²) in [5.41, 5.74) is 1.18. The SMILES string of the molecule is CC(C)C[C@H](NC(=O)CCCCCNC(=O)c1ccc(C(=O)O)c(-c2c3ccc(=O)cc-3oc3cc(O)ccc23)c1)C(=O)N[C@@H](Cc1ccccc1)C(=O)N[C@@H](CC(C)(C)C)C(=O)N[C@@H](C(C)C)P(=O)(Oc1ccccc1)Oc1ccccc1. The molecule has 0 spiro atoms. The smallest absolute Gasteiger partial charge is 0.453 e. The molecule has 4 atom stereocenters. The van der Waals surface area contributed by atoms with Crippen LogP contribution in [-0.2, 0) is 30.2 Å². The minimum absolute atomic E-state index is 0.0455. The molecule has 1 aliphatic heterocycles. The lowest BCUT2D eigenvalue weighted by atomic mass is 9.87. The van der Waals surface area contributed by atoms with Crippen molar-refractivity contribution in [2.45, 2.75) is 117 Å². The number of carboxylic acid groups (broad SMARTS) is 1. The summed E-state index contributed by atoms with van der Waals surface area (Å²) >= 11 is 0. The Balaban J connectivity index is 0.995. The van der Waals surface area contributed by atoms with Crippen molar-refractivity contribution in [1.29, 1.82) is 0 Å². The highest BCUT2D eigenvalue weighted by Crippen LogP contribution is 2.54. The van der Waals surface area contributed by atoms with Crippen LogP contribution in [0.25, 0.3) is 33.4 Å². The highest BCUT2D eigenvalue weighted by Gasteiger charge is 2.44. The van der Waals surface area contributed by atoms with E-state index in [0.29, 0.717) is 35.8 Å². The first-order chi connectivity index (χ1) is 40.0. The third-order valence-electron chi connectivity index (χ3n) is 13.8. The molecular formula is C65H74N5O13P. The Morgan fingerprint density at radius 2 is 1.25 bits per heavy atom. The first-order valence-electron chi connectivity index (χ1n) is 28.2. The normalized spacial score (nSPS) is 13.1. The fourth-order valence-electron chi connectivity index (χ4n) is 9.76. The molecule has 0 radical (unpaired) electrons. The zero-order valence-electron chi connectivity index (χ0n) is 48.3. The number of carbonyl (C=O) groups excluding carboxylic acids is 5. The minimum Gasteiger partial charge on any atom is -0.508 e. The molecule has 0 bridgehead atoms. The van der Waals surface area contributed by atoms with Gasteiger partial charge in [0.25, 0.3) is 5.91 Å². The van der Waals surface area contributed by atoms with Gasteiger partial charge < -0.3 is 50.3 Å². The van der Waals surface area contributed by atoms with Crippen molar-refractivity contribution in [2.24, 2.45) is 17.3 Å². The molecule has 5 aromatic rings. The van der Waals surface area contributed by atoms with Crippen LogP contribution in [0, 0.1) is 17.3 Å². The van der Waals surface area contributed by atoms with E-state index < -0.39 is 78.3 Å². The lowest BCUT2D eigenvalue weighted by Crippen LogP contribution is -2.58. The van der Waals surface area contributed by atoms with Gasteiger partial charge in [-0.15, -0.1) is 0 Å². The second-order valence-electron chi connectivity index (χ2n) is 22.8. The van der Waals surface area contributed by atoms with E-state index in [0.717, 1.165) is 5.56 Å². The van der Waals surface area contributed by atoms with E-state index in [1.807, 2.05) is 65.0 Å². The number of unbranched alkanes of at least 4 members (excludes halogenated alkanes) is 2. The summed E-state index contributed by atoms with van der Waals surface area (Å²) in [6, 6.07) is 35.4. The Kier molecular flexibility index (Phi) is 21.3. The summed E-state index contributed by atoms with van der Waals surface area (Å²) in [5, 5.41) is 35.4. The monoisotopic (exact) mass is 1160 g/mol. The van der Waals surface area contributed by atoms with E-state index in [1.165, 1.54) is 48.5 Å². The van der Waals surface area contributed by atoms with E-state index in [-0.39, 0.29) is 88.9 Å². The number of para-hydroxylation sites is 2. The van der Waals surface area contributed by atoms with Crippen LogP contribution in [-0.4, -0.2) is 76.2 Å². The molecule has 0 aromatic heterocycles. The summed E-state index contributed by atoms with van der Waals surface area (Å²) < 4.78 is 33.3. The minimum atomic E-state index is -4.26. The number of aromatic carboxylic acids is 1. The molecule has 0 saturated heterocycles. The lowest BCUT2D eigenvalue weighted by molar-refractivity contribution is -0.134. The average Bonchev–Trinajstić information content (AvgIpc) is 1.14. The molecule has 7 rings (SSSR count). The molecule has 0 saturated carbocycles. The van der Waals surface area contributed by atoms with Gasteiger partial charge in [-0.3, -0.25) is 28.8 Å². The quantitative estimate of drug-likeness (QED) is 0.0144. The van der Waals surface area contributed by atoms with Crippen molar-refractivity contribution in [2.75, 3.05) is 6.54 Å². The number of fused-ring (bicyclic) bond motifs is 2. The fourth-order valence-corrected chi connectivity index (χ4v) is 11.9. The molecule has 5 amide bonds. The maximum Gasteiger partial charge on any atom is 0.453 e. The van der Waals surface area contributed by atoms with Crippen molar-refractivity contribution < 1.29 is 57.0 Å². The molecule has 5 aromatic carbocycles. The first kappa shape index (κ1) is 62.8. The largest absolute Gasteiger partial charge is 0.508 e. The molecule has 1 aliphatic carbocycles. The Morgan fingerprint density at radius 3 is 1.86 bits per heavy atom. The van der Waals surface area contributed by atoms with Gasteiger partial charge in [0, 0.05) is 53.6 Å². The second-order valence-corrected chi connectivity index (χ2v) is 24.8. The molecule has 2 aliphatic rings. The molecule has 7 N–H and O–H groups in total. The van der Waals surface area contributed by atoms with Crippen molar-refractivity contribution in [3.8, 4) is 39.7 Å². The van der Waals surface area contributed by atoms with Gasteiger partial charge in [0.2, 0.25) is 23.6 Å². The molecule has 0 unspecified atom stereocenters. The van der Waals surface area contributed by atoms with Crippen LogP contribution in [0.3, 0.4) is 0 Å². The Hall–Kier alpha value is -8.76. The number of rotatable bonds is 27. The van der Waals surface area contributed by atoms with E-state index in [2.05, 4.69) is 26.6 Å². The van der Waals surface area contributed by atoms with Gasteiger partial charge in [-0.05, 0) is 121 Å². The molecule has 442 valence electrons. The Morgan fingerprint density at radius 1 is 0.643 bits per heavy atom. The standard InChI is InChI=1S/C65H74N5O13P/c1-40(2)34-52(67-57(73)26-18-11-19-33-66-59(74)43-27-30-48(64(78)79)51(36-43)58-49-31-28-44(71)37-55(49)81-56-38-45(72)29-32-50(56)58)60(75)68-53(35-42-20-12-8-13-21-42)61(76)69-54(39-65(5,6)7)62(77)70-63(41(3)4)84(80,82-46-22-14-9-15-23-46)83-47-24-16-10-17-25-47/h8-10,12-17,20-25,27-32,36-38,40-41,52-54,63,71H,11,18-19,26,33-35,39H2,1-7H3,(H,66,74)(H,67,73)(H,68,75)(H,69,76)(H,70,77)(H,78,79)/t52-,53-,54-,63+/m0/s1. The highest BCUT2D eigenvalue weighted by molar-refractivity contribution is 7.55.